The standard InChI is InChI=1S/C14H21ClN2/c1-10-8-13(9-16-14(10)15)17-11(2)12-6-4-3-5-7-12/h8-9,11-12,17H,3-7H2,1-2H3. The van der Waals surface area contributed by atoms with Gasteiger partial charge in [-0.3, -0.25) is 0 Å². The minimum Gasteiger partial charge on any atom is -0.381 e. The first-order valence-electron chi connectivity index (χ1n) is 6.55. The van der Waals surface area contributed by atoms with Crippen LogP contribution >= 0.6 is 11.6 Å². The van der Waals surface area contributed by atoms with Crippen molar-refractivity contribution in [2.24, 2.45) is 5.92 Å². The van der Waals surface area contributed by atoms with E-state index in [1.807, 2.05) is 13.1 Å². The summed E-state index contributed by atoms with van der Waals surface area (Å²) in [5.41, 5.74) is 2.12. The second-order valence-corrected chi connectivity index (χ2v) is 5.52. The molecule has 2 nitrogen and oxygen atoms in total. The predicted molar refractivity (Wildman–Crippen MR) is 73.6 cm³/mol. The molecule has 17 heavy (non-hydrogen) atoms. The van der Waals surface area contributed by atoms with Gasteiger partial charge < -0.3 is 5.32 Å². The number of aryl methyl sites for hydroxylation is 1. The van der Waals surface area contributed by atoms with E-state index in [4.69, 9.17) is 11.6 Å². The van der Waals surface area contributed by atoms with Crippen LogP contribution in [-0.4, -0.2) is 11.0 Å². The number of pyridine rings is 1. The molecule has 0 radical (unpaired) electrons. The number of hydrogen-bond acceptors (Lipinski definition) is 2. The third-order valence-corrected chi connectivity index (χ3v) is 4.16. The van der Waals surface area contributed by atoms with E-state index in [1.165, 1.54) is 32.1 Å². The molecule has 1 aliphatic rings. The minimum absolute atomic E-state index is 0.526. The SMILES string of the molecule is Cc1cc(NC(C)C2CCCCC2)cnc1Cl. The Morgan fingerprint density at radius 2 is 2.06 bits per heavy atom. The highest BCUT2D eigenvalue weighted by atomic mass is 35.5. The van der Waals surface area contributed by atoms with Crippen molar-refractivity contribution in [2.45, 2.75) is 52.0 Å². The maximum absolute atomic E-state index is 5.93. The zero-order chi connectivity index (χ0) is 12.3. The molecule has 0 spiro atoms. The van der Waals surface area contributed by atoms with E-state index < -0.39 is 0 Å². The van der Waals surface area contributed by atoms with Gasteiger partial charge in [-0.15, -0.1) is 0 Å². The van der Waals surface area contributed by atoms with Crippen molar-refractivity contribution in [3.05, 3.63) is 23.0 Å². The van der Waals surface area contributed by atoms with Crippen LogP contribution in [0.1, 0.15) is 44.6 Å². The summed E-state index contributed by atoms with van der Waals surface area (Å²) in [6, 6.07) is 2.60. The van der Waals surface area contributed by atoms with Gasteiger partial charge in [-0.2, -0.15) is 0 Å². The lowest BCUT2D eigenvalue weighted by Crippen LogP contribution is -2.27. The number of rotatable bonds is 3. The van der Waals surface area contributed by atoms with Crippen molar-refractivity contribution in [3.63, 3.8) is 0 Å². The van der Waals surface area contributed by atoms with Crippen molar-refractivity contribution >= 4 is 17.3 Å². The summed E-state index contributed by atoms with van der Waals surface area (Å²) < 4.78 is 0. The normalized spacial score (nSPS) is 19.0. The Kier molecular flexibility index (Phi) is 4.27. The highest BCUT2D eigenvalue weighted by molar-refractivity contribution is 6.30. The quantitative estimate of drug-likeness (QED) is 0.806. The van der Waals surface area contributed by atoms with E-state index in [2.05, 4.69) is 23.3 Å². The zero-order valence-corrected chi connectivity index (χ0v) is 11.4. The van der Waals surface area contributed by atoms with Gasteiger partial charge in [-0.25, -0.2) is 4.98 Å². The molecule has 0 saturated heterocycles. The first-order valence-corrected chi connectivity index (χ1v) is 6.93. The van der Waals surface area contributed by atoms with Crippen molar-refractivity contribution in [1.29, 1.82) is 0 Å². The molecule has 1 aliphatic carbocycles. The molecule has 1 saturated carbocycles. The van der Waals surface area contributed by atoms with Gasteiger partial charge in [0.2, 0.25) is 0 Å². The second-order valence-electron chi connectivity index (χ2n) is 5.16. The molecule has 1 aromatic rings. The fraction of sp³-hybridized carbons (Fsp3) is 0.643. The fourth-order valence-corrected chi connectivity index (χ4v) is 2.76. The molecule has 3 heteroatoms. The van der Waals surface area contributed by atoms with E-state index in [-0.39, 0.29) is 0 Å². The van der Waals surface area contributed by atoms with E-state index in [9.17, 15) is 0 Å². The topological polar surface area (TPSA) is 24.9 Å². The fourth-order valence-electron chi connectivity index (χ4n) is 2.65. The van der Waals surface area contributed by atoms with Gasteiger partial charge in [0.15, 0.2) is 0 Å². The number of aromatic nitrogens is 1. The van der Waals surface area contributed by atoms with Gasteiger partial charge in [0.05, 0.1) is 11.9 Å². The Morgan fingerprint density at radius 1 is 1.35 bits per heavy atom. The molecule has 1 heterocycles. The number of hydrogen-bond donors (Lipinski definition) is 1. The molecule has 0 aliphatic heterocycles. The van der Waals surface area contributed by atoms with Crippen LogP contribution in [0.3, 0.4) is 0 Å². The first kappa shape index (κ1) is 12.7. The minimum atomic E-state index is 0.526. The largest absolute Gasteiger partial charge is 0.381 e. The van der Waals surface area contributed by atoms with E-state index >= 15 is 0 Å². The molecule has 0 amide bonds. The summed E-state index contributed by atoms with van der Waals surface area (Å²) in [5.74, 6) is 0.805. The lowest BCUT2D eigenvalue weighted by Gasteiger charge is -2.29. The summed E-state index contributed by atoms with van der Waals surface area (Å²) in [7, 11) is 0. The molecular weight excluding hydrogens is 232 g/mol. The van der Waals surface area contributed by atoms with Gasteiger partial charge in [0, 0.05) is 6.04 Å². The van der Waals surface area contributed by atoms with E-state index in [1.54, 1.807) is 0 Å². The molecule has 1 fully saturated rings. The van der Waals surface area contributed by atoms with E-state index in [0.717, 1.165) is 17.2 Å². The number of nitrogens with zero attached hydrogens (tertiary/aromatic N) is 1. The van der Waals surface area contributed by atoms with Crippen LogP contribution in [0.15, 0.2) is 12.3 Å². The average molecular weight is 253 g/mol. The van der Waals surface area contributed by atoms with Crippen molar-refractivity contribution in [3.8, 4) is 0 Å². The van der Waals surface area contributed by atoms with Crippen molar-refractivity contribution in [1.82, 2.24) is 4.98 Å². The summed E-state index contributed by atoms with van der Waals surface area (Å²) in [4.78, 5) is 4.18. The molecule has 2 rings (SSSR count). The van der Waals surface area contributed by atoms with Crippen LogP contribution in [0.25, 0.3) is 0 Å². The highest BCUT2D eigenvalue weighted by Crippen LogP contribution is 2.28. The van der Waals surface area contributed by atoms with Crippen LogP contribution < -0.4 is 5.32 Å². The first-order chi connectivity index (χ1) is 8.16. The second kappa shape index (κ2) is 5.72. The summed E-state index contributed by atoms with van der Waals surface area (Å²) in [6.45, 7) is 4.27. The summed E-state index contributed by atoms with van der Waals surface area (Å²) in [5, 5.41) is 4.16. The van der Waals surface area contributed by atoms with Crippen LogP contribution in [0.4, 0.5) is 5.69 Å². The van der Waals surface area contributed by atoms with Gasteiger partial charge in [-0.1, -0.05) is 30.9 Å². The maximum atomic E-state index is 5.93. The molecular formula is C14H21ClN2. The average Bonchev–Trinajstić information content (AvgIpc) is 2.35. The third kappa shape index (κ3) is 3.35. The van der Waals surface area contributed by atoms with Gasteiger partial charge in [0.25, 0.3) is 0 Å². The molecule has 1 unspecified atom stereocenters. The number of nitrogens with one attached hydrogen (secondary N) is 1. The van der Waals surface area contributed by atoms with Crippen LogP contribution in [-0.2, 0) is 0 Å². The zero-order valence-electron chi connectivity index (χ0n) is 10.7. The smallest absolute Gasteiger partial charge is 0.132 e. The Morgan fingerprint density at radius 3 is 2.71 bits per heavy atom. The number of anilines is 1. The lowest BCUT2D eigenvalue weighted by molar-refractivity contribution is 0.328. The predicted octanol–water partition coefficient (Wildman–Crippen LogP) is 4.42. The van der Waals surface area contributed by atoms with Crippen LogP contribution in [0.5, 0.6) is 0 Å². The number of halogens is 1. The molecule has 1 aromatic heterocycles. The molecule has 1 atom stereocenters. The molecule has 1 N–H and O–H groups in total. The van der Waals surface area contributed by atoms with Gasteiger partial charge in [-0.05, 0) is 44.2 Å². The molecule has 0 aromatic carbocycles. The Labute approximate surface area is 109 Å². The van der Waals surface area contributed by atoms with Crippen LogP contribution in [0.2, 0.25) is 5.15 Å². The van der Waals surface area contributed by atoms with Gasteiger partial charge in [0.1, 0.15) is 5.15 Å². The van der Waals surface area contributed by atoms with Crippen molar-refractivity contribution in [2.75, 3.05) is 5.32 Å². The Bertz CT molecular complexity index is 372. The van der Waals surface area contributed by atoms with Crippen LogP contribution in [0, 0.1) is 12.8 Å². The third-order valence-electron chi connectivity index (χ3n) is 3.77. The van der Waals surface area contributed by atoms with Crippen molar-refractivity contribution < 1.29 is 0 Å². The van der Waals surface area contributed by atoms with E-state index in [0.29, 0.717) is 11.2 Å². The molecule has 94 valence electrons. The maximum Gasteiger partial charge on any atom is 0.132 e. The Hall–Kier alpha value is -0.760. The lowest BCUT2D eigenvalue weighted by atomic mass is 9.84. The summed E-state index contributed by atoms with van der Waals surface area (Å²) in [6.07, 6.45) is 8.71. The Balaban J connectivity index is 1.96. The summed E-state index contributed by atoms with van der Waals surface area (Å²) >= 11 is 5.93. The molecule has 0 bridgehead atoms. The van der Waals surface area contributed by atoms with Gasteiger partial charge >= 0.3 is 0 Å². The highest BCUT2D eigenvalue weighted by Gasteiger charge is 2.19. The monoisotopic (exact) mass is 252 g/mol.